The molecule has 0 saturated carbocycles. The number of aryl methyl sites for hydroxylation is 1. The number of amides is 1. The number of piperazine rings is 1. The fourth-order valence-corrected chi connectivity index (χ4v) is 3.32. The second kappa shape index (κ2) is 5.92. The maximum absolute atomic E-state index is 12.4. The zero-order valence-corrected chi connectivity index (χ0v) is 12.8. The summed E-state index contributed by atoms with van der Waals surface area (Å²) in [6.07, 6.45) is 0. The average molecular weight is 281 g/mol. The molecule has 1 aromatic heterocycles. The van der Waals surface area contributed by atoms with Gasteiger partial charge in [0.2, 0.25) is 0 Å². The van der Waals surface area contributed by atoms with E-state index < -0.39 is 0 Å². The first-order valence-corrected chi connectivity index (χ1v) is 7.66. The minimum Gasteiger partial charge on any atom is -0.398 e. The number of anilines is 1. The third-order valence-electron chi connectivity index (χ3n) is 3.45. The van der Waals surface area contributed by atoms with Crippen LogP contribution in [0.25, 0.3) is 0 Å². The van der Waals surface area contributed by atoms with E-state index in [0.29, 0.717) is 5.92 Å². The van der Waals surface area contributed by atoms with Gasteiger partial charge in [-0.25, -0.2) is 0 Å². The third-order valence-corrected chi connectivity index (χ3v) is 4.50. The summed E-state index contributed by atoms with van der Waals surface area (Å²) in [4.78, 5) is 18.5. The maximum atomic E-state index is 12.4. The molecule has 106 valence electrons. The molecule has 1 aliphatic heterocycles. The summed E-state index contributed by atoms with van der Waals surface area (Å²) >= 11 is 1.50. The van der Waals surface area contributed by atoms with Gasteiger partial charge in [0.05, 0.1) is 4.88 Å². The van der Waals surface area contributed by atoms with Gasteiger partial charge in [-0.15, -0.1) is 11.3 Å². The number of carbonyl (C=O) groups excluding carboxylic acids is 1. The second-order valence-electron chi connectivity index (χ2n) is 5.61. The van der Waals surface area contributed by atoms with Crippen molar-refractivity contribution < 1.29 is 4.79 Å². The smallest absolute Gasteiger partial charge is 0.264 e. The van der Waals surface area contributed by atoms with Gasteiger partial charge in [-0.05, 0) is 18.9 Å². The average Bonchev–Trinajstić information content (AvgIpc) is 2.69. The van der Waals surface area contributed by atoms with Crippen LogP contribution < -0.4 is 5.73 Å². The van der Waals surface area contributed by atoms with Crippen molar-refractivity contribution in [1.29, 1.82) is 0 Å². The number of nitrogen functional groups attached to an aromatic ring is 1. The Hall–Kier alpha value is -1.07. The maximum Gasteiger partial charge on any atom is 0.264 e. The van der Waals surface area contributed by atoms with Gasteiger partial charge in [-0.3, -0.25) is 9.69 Å². The van der Waals surface area contributed by atoms with Crippen molar-refractivity contribution in [3.05, 3.63) is 15.8 Å². The Morgan fingerprint density at radius 1 is 1.37 bits per heavy atom. The Morgan fingerprint density at radius 2 is 2.00 bits per heavy atom. The van der Waals surface area contributed by atoms with Gasteiger partial charge in [0.1, 0.15) is 0 Å². The van der Waals surface area contributed by atoms with Crippen LogP contribution in [0.3, 0.4) is 0 Å². The van der Waals surface area contributed by atoms with Gasteiger partial charge in [0, 0.05) is 43.3 Å². The zero-order valence-electron chi connectivity index (χ0n) is 12.0. The molecule has 0 aliphatic carbocycles. The summed E-state index contributed by atoms with van der Waals surface area (Å²) in [5.74, 6) is 0.816. The van der Waals surface area contributed by atoms with Gasteiger partial charge >= 0.3 is 0 Å². The van der Waals surface area contributed by atoms with Gasteiger partial charge in [-0.1, -0.05) is 13.8 Å². The summed E-state index contributed by atoms with van der Waals surface area (Å²) in [5, 5.41) is 0. The molecule has 1 aromatic rings. The van der Waals surface area contributed by atoms with Crippen molar-refractivity contribution in [1.82, 2.24) is 9.80 Å². The third kappa shape index (κ3) is 3.48. The zero-order chi connectivity index (χ0) is 14.0. The van der Waals surface area contributed by atoms with Crippen molar-refractivity contribution in [3.63, 3.8) is 0 Å². The topological polar surface area (TPSA) is 49.6 Å². The lowest BCUT2D eigenvalue weighted by atomic mass is 10.2. The quantitative estimate of drug-likeness (QED) is 0.922. The summed E-state index contributed by atoms with van der Waals surface area (Å²) < 4.78 is 0. The molecule has 5 heteroatoms. The molecule has 1 saturated heterocycles. The molecule has 0 atom stereocenters. The van der Waals surface area contributed by atoms with Crippen LogP contribution in [0.2, 0.25) is 0 Å². The molecular formula is C14H23N3OS. The Morgan fingerprint density at radius 3 is 2.47 bits per heavy atom. The largest absolute Gasteiger partial charge is 0.398 e. The molecule has 0 bridgehead atoms. The molecule has 2 N–H and O–H groups in total. The first-order valence-electron chi connectivity index (χ1n) is 6.85. The minimum atomic E-state index is 0.133. The number of hydrogen-bond donors (Lipinski definition) is 1. The molecule has 1 fully saturated rings. The number of nitrogens with zero attached hydrogens (tertiary/aromatic N) is 2. The number of rotatable bonds is 3. The SMILES string of the molecule is Cc1sc(C(=O)N2CCN(CC(C)C)CC2)cc1N. The standard InChI is InChI=1S/C14H23N3OS/c1-10(2)9-16-4-6-17(7-5-16)14(18)13-8-12(15)11(3)19-13/h8,10H,4-7,9,15H2,1-3H3. The molecule has 0 radical (unpaired) electrons. The molecule has 1 aliphatic rings. The van der Waals surface area contributed by atoms with Crippen LogP contribution in [-0.2, 0) is 0 Å². The Bertz CT molecular complexity index is 428. The minimum absolute atomic E-state index is 0.133. The molecule has 2 rings (SSSR count). The normalized spacial score (nSPS) is 17.2. The van der Waals surface area contributed by atoms with Crippen LogP contribution in [-0.4, -0.2) is 48.4 Å². The predicted octanol–water partition coefficient (Wildman–Crippen LogP) is 2.05. The highest BCUT2D eigenvalue weighted by Gasteiger charge is 2.23. The van der Waals surface area contributed by atoms with E-state index in [1.807, 2.05) is 17.9 Å². The predicted molar refractivity (Wildman–Crippen MR) is 80.6 cm³/mol. The van der Waals surface area contributed by atoms with Crippen LogP contribution >= 0.6 is 11.3 Å². The second-order valence-corrected chi connectivity index (χ2v) is 6.87. The van der Waals surface area contributed by atoms with Crippen molar-refractivity contribution in [3.8, 4) is 0 Å². The van der Waals surface area contributed by atoms with Crippen LogP contribution in [0.1, 0.15) is 28.4 Å². The lowest BCUT2D eigenvalue weighted by Crippen LogP contribution is -2.49. The molecule has 2 heterocycles. The molecule has 19 heavy (non-hydrogen) atoms. The monoisotopic (exact) mass is 281 g/mol. The lowest BCUT2D eigenvalue weighted by Gasteiger charge is -2.35. The Balaban J connectivity index is 1.92. The van der Waals surface area contributed by atoms with Gasteiger partial charge in [0.25, 0.3) is 5.91 Å². The van der Waals surface area contributed by atoms with E-state index in [0.717, 1.165) is 48.2 Å². The lowest BCUT2D eigenvalue weighted by molar-refractivity contribution is 0.0628. The van der Waals surface area contributed by atoms with E-state index in [2.05, 4.69) is 18.7 Å². The first-order chi connectivity index (χ1) is 8.97. The van der Waals surface area contributed by atoms with Crippen LogP contribution in [0.15, 0.2) is 6.07 Å². The van der Waals surface area contributed by atoms with Crippen molar-refractivity contribution >= 4 is 22.9 Å². The van der Waals surface area contributed by atoms with E-state index >= 15 is 0 Å². The number of nitrogens with two attached hydrogens (primary N) is 1. The van der Waals surface area contributed by atoms with E-state index in [-0.39, 0.29) is 5.91 Å². The summed E-state index contributed by atoms with van der Waals surface area (Å²) in [5.41, 5.74) is 6.54. The molecule has 4 nitrogen and oxygen atoms in total. The van der Waals surface area contributed by atoms with Gasteiger partial charge in [0.15, 0.2) is 0 Å². The van der Waals surface area contributed by atoms with Crippen LogP contribution in [0, 0.1) is 12.8 Å². The van der Waals surface area contributed by atoms with E-state index in [4.69, 9.17) is 5.73 Å². The fourth-order valence-electron chi connectivity index (χ4n) is 2.41. The van der Waals surface area contributed by atoms with E-state index in [1.54, 1.807) is 0 Å². The van der Waals surface area contributed by atoms with Crippen molar-refractivity contribution in [2.45, 2.75) is 20.8 Å². The number of hydrogen-bond acceptors (Lipinski definition) is 4. The highest BCUT2D eigenvalue weighted by atomic mass is 32.1. The Labute approximate surface area is 119 Å². The molecule has 1 amide bonds. The fraction of sp³-hybridized carbons (Fsp3) is 0.643. The number of thiophene rings is 1. The highest BCUT2D eigenvalue weighted by Crippen LogP contribution is 2.25. The van der Waals surface area contributed by atoms with Crippen molar-refractivity contribution in [2.24, 2.45) is 5.92 Å². The van der Waals surface area contributed by atoms with E-state index in [1.165, 1.54) is 11.3 Å². The highest BCUT2D eigenvalue weighted by molar-refractivity contribution is 7.14. The summed E-state index contributed by atoms with van der Waals surface area (Å²) in [7, 11) is 0. The summed E-state index contributed by atoms with van der Waals surface area (Å²) in [6, 6.07) is 1.81. The van der Waals surface area contributed by atoms with Gasteiger partial charge in [-0.2, -0.15) is 0 Å². The van der Waals surface area contributed by atoms with Crippen molar-refractivity contribution in [2.75, 3.05) is 38.5 Å². The molecule has 0 spiro atoms. The van der Waals surface area contributed by atoms with E-state index in [9.17, 15) is 4.79 Å². The molecule has 0 aromatic carbocycles. The van der Waals surface area contributed by atoms with Gasteiger partial charge < -0.3 is 10.6 Å². The van der Waals surface area contributed by atoms with Crippen LogP contribution in [0.4, 0.5) is 5.69 Å². The number of carbonyl (C=O) groups is 1. The van der Waals surface area contributed by atoms with Crippen LogP contribution in [0.5, 0.6) is 0 Å². The summed E-state index contributed by atoms with van der Waals surface area (Å²) in [6.45, 7) is 11.1. The molecular weight excluding hydrogens is 258 g/mol. The Kier molecular flexibility index (Phi) is 4.47. The first kappa shape index (κ1) is 14.3. The molecule has 0 unspecified atom stereocenters.